The Bertz CT molecular complexity index is 5880. The van der Waals surface area contributed by atoms with E-state index >= 15 is 13.2 Å². The van der Waals surface area contributed by atoms with Crippen LogP contribution in [0.2, 0.25) is 0 Å². The number of benzene rings is 13. The number of nitrogens with zero attached hydrogens (tertiary/aromatic N) is 3. The van der Waals surface area contributed by atoms with Gasteiger partial charge in [0.1, 0.15) is 17.5 Å². The Morgan fingerprint density at radius 1 is 0.250 bits per heavy atom. The molecule has 3 aliphatic carbocycles. The predicted molar refractivity (Wildman–Crippen MR) is 429 cm³/mol. The zero-order chi connectivity index (χ0) is 70.1. The minimum atomic E-state index is -0.276. The maximum Gasteiger partial charge on any atom is 0.125 e. The molecule has 3 aliphatic heterocycles. The fourth-order valence-corrected chi connectivity index (χ4v) is 22.8. The summed E-state index contributed by atoms with van der Waals surface area (Å²) in [4.78, 5) is 7.44. The zero-order valence-electron chi connectivity index (χ0n) is 60.1. The lowest BCUT2D eigenvalue weighted by molar-refractivity contribution is 0.195. The van der Waals surface area contributed by atoms with Gasteiger partial charge in [0.25, 0.3) is 0 Å². The number of hydrogen-bond acceptors (Lipinski definition) is 3. The average molecular weight is 1360 g/mol. The third-order valence-corrected chi connectivity index (χ3v) is 28.3. The maximum absolute atomic E-state index is 15.5. The van der Waals surface area contributed by atoms with Crippen molar-refractivity contribution >= 4 is 98.8 Å². The average Bonchev–Trinajstić information content (AvgIpc) is 1.47. The van der Waals surface area contributed by atoms with Gasteiger partial charge in [-0.15, -0.1) is 0 Å². The van der Waals surface area contributed by atoms with Gasteiger partial charge in [0, 0.05) is 50.4 Å². The van der Waals surface area contributed by atoms with E-state index in [2.05, 4.69) is 244 Å². The molecular formula is C98H82F3N3. The first-order valence-corrected chi connectivity index (χ1v) is 38.2. The molecule has 6 unspecified atom stereocenters. The molecule has 0 amide bonds. The maximum atomic E-state index is 15.5. The van der Waals surface area contributed by atoms with E-state index in [1.54, 1.807) is 36.4 Å². The van der Waals surface area contributed by atoms with Crippen LogP contribution >= 0.6 is 0 Å². The monoisotopic (exact) mass is 1360 g/mol. The van der Waals surface area contributed by atoms with E-state index in [-0.39, 0.29) is 50.3 Å². The smallest absolute Gasteiger partial charge is 0.125 e. The van der Waals surface area contributed by atoms with Crippen LogP contribution in [0, 0.1) is 17.5 Å². The normalized spacial score (nSPS) is 24.1. The van der Waals surface area contributed by atoms with Crippen molar-refractivity contribution in [3.8, 4) is 55.6 Å². The molecule has 104 heavy (non-hydrogen) atoms. The van der Waals surface area contributed by atoms with Crippen molar-refractivity contribution in [2.24, 2.45) is 0 Å². The summed E-state index contributed by atoms with van der Waals surface area (Å²) in [7, 11) is 0. The van der Waals surface area contributed by atoms with Crippen molar-refractivity contribution in [2.45, 2.75) is 151 Å². The lowest BCUT2D eigenvalue weighted by Crippen LogP contribution is -2.54. The van der Waals surface area contributed by atoms with Crippen LogP contribution in [0.5, 0.6) is 0 Å². The van der Waals surface area contributed by atoms with Crippen molar-refractivity contribution in [3.63, 3.8) is 0 Å². The lowest BCUT2D eigenvalue weighted by atomic mass is 9.61. The number of anilines is 6. The lowest BCUT2D eigenvalue weighted by Gasteiger charge is -2.50. The topological polar surface area (TPSA) is 9.72 Å². The summed E-state index contributed by atoms with van der Waals surface area (Å²) < 4.78 is 46.3. The second-order valence-electron chi connectivity index (χ2n) is 33.0. The highest BCUT2D eigenvalue weighted by Gasteiger charge is 2.61. The molecule has 0 radical (unpaired) electrons. The van der Waals surface area contributed by atoms with Crippen molar-refractivity contribution in [1.82, 2.24) is 0 Å². The fraction of sp³-hybridized carbons (Fsp3) is 0.245. The molecule has 15 aromatic carbocycles. The van der Waals surface area contributed by atoms with Crippen molar-refractivity contribution < 1.29 is 13.2 Å². The number of halogens is 3. The summed E-state index contributed by atoms with van der Waals surface area (Å²) in [5, 5.41) is 14.9. The van der Waals surface area contributed by atoms with E-state index in [0.717, 1.165) is 105 Å². The Labute approximate surface area is 606 Å². The second kappa shape index (κ2) is 21.8. The standard InChI is InChI=1S/C98H82F3N3/c1-93-47-13-16-50-96(93,4)102(67-30-19-27-64(99)56-67)81-44-35-61(53-78(81)93)70-38-41-75-86-73(70)33-22-34-74(86)89-84(59-23-9-7-10-24-59)91-76-42-39-71(62-36-45-82-79(54-62)94(2)48-14-17-51-97(94,5)103(82)68-31-20-28-65(100)57-68)87-72(40-43-77(88(76)87)92(91)85(90(75)89)60-25-11-8-12-26-60)63-37-46-83-80(55-63)95(3)49-15-18-52-98(95,6)104(83)69-32-21-29-66(101)58-69/h7-12,19-46,53-58H,13-18,47-52H2,1-6H3. The van der Waals surface area contributed by atoms with Gasteiger partial charge in [0.2, 0.25) is 0 Å². The summed E-state index contributed by atoms with van der Waals surface area (Å²) in [6.45, 7) is 14.7. The van der Waals surface area contributed by atoms with Gasteiger partial charge in [-0.25, -0.2) is 13.2 Å². The Morgan fingerprint density at radius 3 is 0.962 bits per heavy atom. The first-order valence-electron chi connectivity index (χ1n) is 38.2. The van der Waals surface area contributed by atoms with Gasteiger partial charge in [0.15, 0.2) is 0 Å². The Balaban J connectivity index is 0.850. The molecule has 0 N–H and O–H groups in total. The quantitative estimate of drug-likeness (QED) is 0.150. The minimum Gasteiger partial charge on any atom is -0.334 e. The molecule has 0 aromatic heterocycles. The van der Waals surface area contributed by atoms with Gasteiger partial charge in [0.05, 0.1) is 16.6 Å². The molecule has 3 nitrogen and oxygen atoms in total. The Hall–Kier alpha value is -10.4. The molecule has 6 heteroatoms. The molecule has 6 aliphatic rings. The predicted octanol–water partition coefficient (Wildman–Crippen LogP) is 27.5. The van der Waals surface area contributed by atoms with Gasteiger partial charge in [-0.1, -0.05) is 211 Å². The molecule has 15 aromatic rings. The van der Waals surface area contributed by atoms with E-state index in [9.17, 15) is 0 Å². The Kier molecular flexibility index (Phi) is 13.0. The van der Waals surface area contributed by atoms with Gasteiger partial charge < -0.3 is 14.7 Å². The van der Waals surface area contributed by atoms with Crippen LogP contribution in [0.25, 0.3) is 120 Å². The molecule has 6 atom stereocenters. The minimum absolute atomic E-state index is 0.155. The van der Waals surface area contributed by atoms with Gasteiger partial charge in [-0.3, -0.25) is 0 Å². The van der Waals surface area contributed by atoms with Crippen LogP contribution in [0.1, 0.15) is 135 Å². The van der Waals surface area contributed by atoms with Crippen LogP contribution in [-0.2, 0) is 16.2 Å². The summed E-state index contributed by atoms with van der Waals surface area (Å²) in [6, 6.07) is 87.6. The van der Waals surface area contributed by atoms with E-state index < -0.39 is 0 Å². The molecule has 0 spiro atoms. The van der Waals surface area contributed by atoms with E-state index in [0.29, 0.717) is 0 Å². The summed E-state index contributed by atoms with van der Waals surface area (Å²) in [6.07, 6.45) is 13.0. The zero-order valence-corrected chi connectivity index (χ0v) is 60.1. The molecule has 3 fully saturated rings. The first-order chi connectivity index (χ1) is 50.5. The highest BCUT2D eigenvalue weighted by Crippen LogP contribution is 2.66. The van der Waals surface area contributed by atoms with Gasteiger partial charge >= 0.3 is 0 Å². The first kappa shape index (κ1) is 62.2. The number of rotatable bonds is 8. The molecule has 3 saturated carbocycles. The SMILES string of the molecule is CC12CCCCC1(C)N(c1cccc(F)c1)c1ccc(-c3ccc4c5c(-c6ccccc6)c6c7ccc(-c8ccc9c(c8)C8(C)CCCCC8(C)N9c8cccc(F)c8)c8c(-c9ccc%10c(c9)C9(C)CCCCC9(C)N%10c9cccc(F)c9)ccc(c6c(-c6ccccc6)c5c5cccc3c54)c87)cc12. The van der Waals surface area contributed by atoms with Crippen molar-refractivity contribution in [1.29, 1.82) is 0 Å². The van der Waals surface area contributed by atoms with Crippen LogP contribution in [0.3, 0.4) is 0 Å². The van der Waals surface area contributed by atoms with Crippen LogP contribution in [-0.4, -0.2) is 16.6 Å². The van der Waals surface area contributed by atoms with Crippen LogP contribution in [0.4, 0.5) is 47.3 Å². The summed E-state index contributed by atoms with van der Waals surface area (Å²) >= 11 is 0. The second-order valence-corrected chi connectivity index (χ2v) is 33.0. The molecule has 3 heterocycles. The van der Waals surface area contributed by atoms with E-state index in [4.69, 9.17) is 0 Å². The molecule has 21 rings (SSSR count). The van der Waals surface area contributed by atoms with Crippen LogP contribution in [0.15, 0.2) is 243 Å². The number of fused-ring (bicyclic) bond motifs is 15. The summed E-state index contributed by atoms with van der Waals surface area (Å²) in [5.74, 6) is -0.652. The van der Waals surface area contributed by atoms with Crippen molar-refractivity contribution in [3.05, 3.63) is 277 Å². The highest BCUT2D eigenvalue weighted by atomic mass is 19.1. The molecular weight excluding hydrogens is 1280 g/mol. The van der Waals surface area contributed by atoms with E-state index in [1.165, 1.54) is 143 Å². The molecule has 0 bridgehead atoms. The van der Waals surface area contributed by atoms with Crippen molar-refractivity contribution in [2.75, 3.05) is 14.7 Å². The Morgan fingerprint density at radius 2 is 0.577 bits per heavy atom. The van der Waals surface area contributed by atoms with Crippen LogP contribution < -0.4 is 14.7 Å². The fourth-order valence-electron chi connectivity index (χ4n) is 22.8. The largest absolute Gasteiger partial charge is 0.334 e. The molecule has 510 valence electrons. The summed E-state index contributed by atoms with van der Waals surface area (Å²) in [5.41, 5.74) is 20.8. The van der Waals surface area contributed by atoms with E-state index in [1.807, 2.05) is 18.2 Å². The number of hydrogen-bond donors (Lipinski definition) is 0. The van der Waals surface area contributed by atoms with Gasteiger partial charge in [-0.2, -0.15) is 0 Å². The third-order valence-electron chi connectivity index (χ3n) is 28.3. The van der Waals surface area contributed by atoms with Gasteiger partial charge in [-0.05, 0) is 287 Å². The third kappa shape index (κ3) is 8.04. The highest BCUT2D eigenvalue weighted by molar-refractivity contribution is 6.47. The molecule has 0 saturated heterocycles.